The molecule has 4 nitrogen and oxygen atoms in total. The number of rotatable bonds is 6. The number of para-hydroxylation sites is 1. The Kier molecular flexibility index (Phi) is 5.27. The fraction of sp³-hybridized carbons (Fsp3) is 0.222. The fourth-order valence-electron chi connectivity index (χ4n) is 2.22. The molecule has 0 aliphatic heterocycles. The molecule has 0 unspecified atom stereocenters. The number of ether oxygens (including phenoxy) is 1. The van der Waals surface area contributed by atoms with Gasteiger partial charge >= 0.3 is 0 Å². The van der Waals surface area contributed by atoms with Gasteiger partial charge < -0.3 is 10.1 Å². The molecule has 0 spiro atoms. The van der Waals surface area contributed by atoms with Crippen LogP contribution in [0.15, 0.2) is 42.5 Å². The van der Waals surface area contributed by atoms with E-state index >= 15 is 0 Å². The van der Waals surface area contributed by atoms with E-state index in [1.54, 1.807) is 22.7 Å². The van der Waals surface area contributed by atoms with Gasteiger partial charge in [0.15, 0.2) is 0 Å². The van der Waals surface area contributed by atoms with Crippen molar-refractivity contribution < 1.29 is 9.53 Å². The first-order valence-electron chi connectivity index (χ1n) is 7.59. The molecule has 0 aliphatic rings. The zero-order chi connectivity index (χ0) is 16.9. The Hall–Kier alpha value is -2.18. The Morgan fingerprint density at radius 1 is 1.17 bits per heavy atom. The normalized spacial score (nSPS) is 10.6. The Morgan fingerprint density at radius 2 is 1.96 bits per heavy atom. The van der Waals surface area contributed by atoms with Crippen LogP contribution in [-0.4, -0.2) is 10.9 Å². The first kappa shape index (κ1) is 16.7. The third-order valence-corrected chi connectivity index (χ3v) is 5.39. The van der Waals surface area contributed by atoms with Crippen molar-refractivity contribution in [3.63, 3.8) is 0 Å². The summed E-state index contributed by atoms with van der Waals surface area (Å²) in [6.45, 7) is 4.64. The van der Waals surface area contributed by atoms with Crippen LogP contribution in [0.25, 0.3) is 10.6 Å². The number of carbonyl (C=O) groups is 1. The van der Waals surface area contributed by atoms with Gasteiger partial charge in [-0.15, -0.1) is 22.7 Å². The van der Waals surface area contributed by atoms with Crippen LogP contribution in [0.4, 0.5) is 0 Å². The monoisotopic (exact) mass is 358 g/mol. The Morgan fingerprint density at radius 3 is 2.71 bits per heavy atom. The second kappa shape index (κ2) is 7.59. The van der Waals surface area contributed by atoms with Crippen LogP contribution in [0.5, 0.6) is 5.75 Å². The lowest BCUT2D eigenvalue weighted by atomic mass is 10.3. The predicted octanol–water partition coefficient (Wildman–Crippen LogP) is 4.40. The number of aromatic nitrogens is 1. The maximum Gasteiger partial charge on any atom is 0.217 e. The van der Waals surface area contributed by atoms with Crippen molar-refractivity contribution >= 4 is 28.6 Å². The first-order valence-corrected chi connectivity index (χ1v) is 9.23. The number of nitrogens with zero attached hydrogens (tertiary/aromatic N) is 1. The number of nitrogens with one attached hydrogen (secondary N) is 1. The van der Waals surface area contributed by atoms with Crippen LogP contribution < -0.4 is 10.1 Å². The second-order valence-corrected chi connectivity index (χ2v) is 7.75. The van der Waals surface area contributed by atoms with E-state index in [1.165, 1.54) is 11.8 Å². The van der Waals surface area contributed by atoms with Gasteiger partial charge in [-0.1, -0.05) is 18.2 Å². The highest BCUT2D eigenvalue weighted by molar-refractivity contribution is 7.16. The van der Waals surface area contributed by atoms with Crippen molar-refractivity contribution in [2.45, 2.75) is 27.0 Å². The van der Waals surface area contributed by atoms with E-state index in [9.17, 15) is 4.79 Å². The highest BCUT2D eigenvalue weighted by Gasteiger charge is 2.12. The maximum absolute atomic E-state index is 11.0. The van der Waals surface area contributed by atoms with Crippen LogP contribution in [0.3, 0.4) is 0 Å². The molecule has 1 N–H and O–H groups in total. The molecular weight excluding hydrogens is 340 g/mol. The average molecular weight is 358 g/mol. The molecular formula is C18H18N2O2S2. The summed E-state index contributed by atoms with van der Waals surface area (Å²) in [6, 6.07) is 13.9. The minimum Gasteiger partial charge on any atom is -0.486 e. The average Bonchev–Trinajstić information content (AvgIpc) is 3.18. The van der Waals surface area contributed by atoms with Crippen LogP contribution >= 0.6 is 22.7 Å². The standard InChI is InChI=1S/C18H18N2O2S2/c1-12-18(16-9-8-15(24-16)10-19-13(2)21)20-17(23-12)11-22-14-6-4-3-5-7-14/h3-9H,10-11H2,1-2H3,(H,19,21). The largest absolute Gasteiger partial charge is 0.486 e. The van der Waals surface area contributed by atoms with Crippen molar-refractivity contribution in [3.8, 4) is 16.3 Å². The number of hydrogen-bond donors (Lipinski definition) is 1. The quantitative estimate of drug-likeness (QED) is 0.711. The molecule has 1 aromatic carbocycles. The highest BCUT2D eigenvalue weighted by atomic mass is 32.1. The van der Waals surface area contributed by atoms with Crippen molar-refractivity contribution in [2.24, 2.45) is 0 Å². The molecule has 124 valence electrons. The maximum atomic E-state index is 11.0. The molecule has 0 aliphatic carbocycles. The summed E-state index contributed by atoms with van der Waals surface area (Å²) < 4.78 is 5.77. The van der Waals surface area contributed by atoms with Crippen LogP contribution in [0.2, 0.25) is 0 Å². The molecule has 0 saturated carbocycles. The number of aryl methyl sites for hydroxylation is 1. The minimum absolute atomic E-state index is 0.0184. The van der Waals surface area contributed by atoms with Gasteiger partial charge in [0, 0.05) is 16.7 Å². The molecule has 6 heteroatoms. The third kappa shape index (κ3) is 4.21. The summed E-state index contributed by atoms with van der Waals surface area (Å²) in [7, 11) is 0. The van der Waals surface area contributed by atoms with Gasteiger partial charge in [0.05, 0.1) is 17.1 Å². The van der Waals surface area contributed by atoms with E-state index in [-0.39, 0.29) is 5.91 Å². The molecule has 1 amide bonds. The van der Waals surface area contributed by atoms with Crippen molar-refractivity contribution in [2.75, 3.05) is 0 Å². The van der Waals surface area contributed by atoms with E-state index in [2.05, 4.69) is 18.3 Å². The van der Waals surface area contributed by atoms with E-state index in [4.69, 9.17) is 9.72 Å². The molecule has 0 bridgehead atoms. The van der Waals surface area contributed by atoms with Gasteiger partial charge in [-0.3, -0.25) is 4.79 Å². The minimum atomic E-state index is -0.0184. The lowest BCUT2D eigenvalue weighted by Gasteiger charge is -2.02. The first-order chi connectivity index (χ1) is 11.6. The van der Waals surface area contributed by atoms with Gasteiger partial charge in [0.25, 0.3) is 0 Å². The lowest BCUT2D eigenvalue weighted by molar-refractivity contribution is -0.119. The van der Waals surface area contributed by atoms with E-state index in [0.717, 1.165) is 26.2 Å². The number of thiazole rings is 1. The zero-order valence-corrected chi connectivity index (χ0v) is 15.2. The number of benzene rings is 1. The molecule has 0 fully saturated rings. The topological polar surface area (TPSA) is 51.2 Å². The van der Waals surface area contributed by atoms with Crippen molar-refractivity contribution in [1.82, 2.24) is 10.3 Å². The fourth-order valence-corrected chi connectivity index (χ4v) is 4.13. The molecule has 24 heavy (non-hydrogen) atoms. The summed E-state index contributed by atoms with van der Waals surface area (Å²) >= 11 is 3.32. The smallest absolute Gasteiger partial charge is 0.217 e. The van der Waals surface area contributed by atoms with Crippen LogP contribution in [-0.2, 0) is 17.9 Å². The summed E-state index contributed by atoms with van der Waals surface area (Å²) in [4.78, 5) is 19.1. The molecule has 2 aromatic heterocycles. The van der Waals surface area contributed by atoms with Gasteiger partial charge in [0.2, 0.25) is 5.91 Å². The highest BCUT2D eigenvalue weighted by Crippen LogP contribution is 2.33. The molecule has 3 rings (SSSR count). The number of hydrogen-bond acceptors (Lipinski definition) is 5. The molecule has 0 saturated heterocycles. The van der Waals surface area contributed by atoms with Gasteiger partial charge in [-0.2, -0.15) is 0 Å². The van der Waals surface area contributed by atoms with Crippen LogP contribution in [0.1, 0.15) is 21.7 Å². The predicted molar refractivity (Wildman–Crippen MR) is 98.5 cm³/mol. The second-order valence-electron chi connectivity index (χ2n) is 5.29. The molecule has 0 atom stereocenters. The van der Waals surface area contributed by atoms with E-state index in [0.29, 0.717) is 13.2 Å². The van der Waals surface area contributed by atoms with Crippen molar-refractivity contribution in [3.05, 3.63) is 57.2 Å². The molecule has 2 heterocycles. The van der Waals surface area contributed by atoms with Crippen LogP contribution in [0, 0.1) is 6.92 Å². The van der Waals surface area contributed by atoms with Crippen molar-refractivity contribution in [1.29, 1.82) is 0 Å². The number of carbonyl (C=O) groups excluding carboxylic acids is 1. The Labute approximate surface area is 149 Å². The lowest BCUT2D eigenvalue weighted by Crippen LogP contribution is -2.17. The molecule has 3 aromatic rings. The SMILES string of the molecule is CC(=O)NCc1ccc(-c2nc(COc3ccccc3)sc2C)s1. The third-order valence-electron chi connectivity index (χ3n) is 3.35. The Bertz CT molecular complexity index is 825. The zero-order valence-electron chi connectivity index (χ0n) is 13.5. The number of amides is 1. The van der Waals surface area contributed by atoms with E-state index in [1.807, 2.05) is 36.4 Å². The van der Waals surface area contributed by atoms with Gasteiger partial charge in [-0.05, 0) is 31.2 Å². The summed E-state index contributed by atoms with van der Waals surface area (Å²) in [6.07, 6.45) is 0. The van der Waals surface area contributed by atoms with E-state index < -0.39 is 0 Å². The molecule has 0 radical (unpaired) electrons. The summed E-state index contributed by atoms with van der Waals surface area (Å²) in [5.74, 6) is 0.829. The Balaban J connectivity index is 1.68. The summed E-state index contributed by atoms with van der Waals surface area (Å²) in [5, 5.41) is 3.78. The van der Waals surface area contributed by atoms with Gasteiger partial charge in [0.1, 0.15) is 17.4 Å². The summed E-state index contributed by atoms with van der Waals surface area (Å²) in [5.41, 5.74) is 1.01. The number of thiophene rings is 1. The van der Waals surface area contributed by atoms with Gasteiger partial charge in [-0.25, -0.2) is 4.98 Å².